The molecular weight excluding hydrogens is 310 g/mol. The van der Waals surface area contributed by atoms with Gasteiger partial charge in [0, 0.05) is 18.3 Å². The first-order valence-electron chi connectivity index (χ1n) is 8.36. The largest absolute Gasteiger partial charge is 0.507 e. The summed E-state index contributed by atoms with van der Waals surface area (Å²) in [4.78, 5) is 4.71. The van der Waals surface area contributed by atoms with Crippen LogP contribution >= 0.6 is 0 Å². The highest BCUT2D eigenvalue weighted by atomic mass is 16.3. The lowest BCUT2D eigenvalue weighted by molar-refractivity contribution is 0.477. The Bertz CT molecular complexity index is 992. The van der Waals surface area contributed by atoms with Crippen molar-refractivity contribution in [3.05, 3.63) is 84.6 Å². The van der Waals surface area contributed by atoms with Gasteiger partial charge in [0.15, 0.2) is 0 Å². The van der Waals surface area contributed by atoms with E-state index in [4.69, 9.17) is 4.98 Å². The van der Waals surface area contributed by atoms with Crippen LogP contribution in [-0.4, -0.2) is 21.0 Å². The van der Waals surface area contributed by atoms with Crippen LogP contribution in [-0.2, 0) is 6.42 Å². The molecule has 0 radical (unpaired) electrons. The summed E-state index contributed by atoms with van der Waals surface area (Å²) < 4.78 is 2.02. The van der Waals surface area contributed by atoms with Gasteiger partial charge in [-0.2, -0.15) is 0 Å². The van der Waals surface area contributed by atoms with E-state index in [-0.39, 0.29) is 5.75 Å². The van der Waals surface area contributed by atoms with Crippen LogP contribution in [0.15, 0.2) is 79.0 Å². The molecule has 0 amide bonds. The number of imidazole rings is 1. The number of aromatic nitrogens is 2. The van der Waals surface area contributed by atoms with Crippen LogP contribution in [0.2, 0.25) is 0 Å². The number of nitrogens with one attached hydrogen (secondary N) is 1. The molecule has 0 saturated heterocycles. The van der Waals surface area contributed by atoms with Crippen LogP contribution in [0.25, 0.3) is 16.9 Å². The van der Waals surface area contributed by atoms with Crippen LogP contribution in [0, 0.1) is 0 Å². The van der Waals surface area contributed by atoms with E-state index in [2.05, 4.69) is 29.6 Å². The Balaban J connectivity index is 1.69. The van der Waals surface area contributed by atoms with Crippen molar-refractivity contribution in [3.63, 3.8) is 0 Å². The topological polar surface area (TPSA) is 49.6 Å². The summed E-state index contributed by atoms with van der Waals surface area (Å²) in [5, 5.41) is 13.7. The highest BCUT2D eigenvalue weighted by Gasteiger charge is 2.16. The molecule has 4 aromatic rings. The molecule has 0 unspecified atom stereocenters. The molecule has 0 aliphatic carbocycles. The fourth-order valence-electron chi connectivity index (χ4n) is 3.00. The quantitative estimate of drug-likeness (QED) is 0.572. The molecule has 4 rings (SSSR count). The number of anilines is 1. The Morgan fingerprint density at radius 1 is 0.880 bits per heavy atom. The molecule has 124 valence electrons. The molecule has 4 nitrogen and oxygen atoms in total. The monoisotopic (exact) mass is 329 g/mol. The van der Waals surface area contributed by atoms with E-state index < -0.39 is 0 Å². The van der Waals surface area contributed by atoms with E-state index in [1.165, 1.54) is 5.56 Å². The van der Waals surface area contributed by atoms with Gasteiger partial charge < -0.3 is 10.4 Å². The van der Waals surface area contributed by atoms with Gasteiger partial charge in [0.2, 0.25) is 0 Å². The van der Waals surface area contributed by atoms with Crippen LogP contribution in [0.3, 0.4) is 0 Å². The summed E-state index contributed by atoms with van der Waals surface area (Å²) in [5.41, 5.74) is 3.63. The average molecular weight is 329 g/mol. The third-order valence-corrected chi connectivity index (χ3v) is 4.24. The molecule has 0 saturated carbocycles. The zero-order valence-electron chi connectivity index (χ0n) is 13.8. The number of nitrogens with zero attached hydrogens (tertiary/aromatic N) is 2. The number of pyridine rings is 1. The first-order valence-corrected chi connectivity index (χ1v) is 8.36. The normalized spacial score (nSPS) is 10.9. The molecule has 0 spiro atoms. The summed E-state index contributed by atoms with van der Waals surface area (Å²) in [7, 11) is 0. The van der Waals surface area contributed by atoms with Gasteiger partial charge in [-0.15, -0.1) is 0 Å². The minimum absolute atomic E-state index is 0.233. The Labute approximate surface area is 146 Å². The maximum absolute atomic E-state index is 10.2. The van der Waals surface area contributed by atoms with Crippen LogP contribution in [0.5, 0.6) is 5.75 Å². The van der Waals surface area contributed by atoms with Crippen LogP contribution in [0.1, 0.15) is 5.56 Å². The second-order valence-corrected chi connectivity index (χ2v) is 5.92. The van der Waals surface area contributed by atoms with Gasteiger partial charge in [-0.05, 0) is 36.2 Å². The second kappa shape index (κ2) is 6.69. The van der Waals surface area contributed by atoms with Gasteiger partial charge in [-0.3, -0.25) is 4.40 Å². The van der Waals surface area contributed by atoms with Crippen molar-refractivity contribution in [1.29, 1.82) is 0 Å². The maximum Gasteiger partial charge on any atom is 0.139 e. The third-order valence-electron chi connectivity index (χ3n) is 4.24. The van der Waals surface area contributed by atoms with E-state index in [0.29, 0.717) is 0 Å². The lowest BCUT2D eigenvalue weighted by Crippen LogP contribution is -2.07. The molecule has 2 heterocycles. The van der Waals surface area contributed by atoms with Crippen molar-refractivity contribution in [1.82, 2.24) is 9.38 Å². The number of para-hydroxylation sites is 1. The van der Waals surface area contributed by atoms with E-state index in [1.54, 1.807) is 6.07 Å². The van der Waals surface area contributed by atoms with Crippen molar-refractivity contribution >= 4 is 11.5 Å². The van der Waals surface area contributed by atoms with Crippen molar-refractivity contribution in [2.75, 3.05) is 11.9 Å². The predicted molar refractivity (Wildman–Crippen MR) is 101 cm³/mol. The number of hydrogen-bond acceptors (Lipinski definition) is 3. The van der Waals surface area contributed by atoms with Crippen molar-refractivity contribution in [2.45, 2.75) is 6.42 Å². The number of hydrogen-bond donors (Lipinski definition) is 2. The van der Waals surface area contributed by atoms with E-state index in [1.807, 2.05) is 53.1 Å². The molecule has 0 atom stereocenters. The summed E-state index contributed by atoms with van der Waals surface area (Å²) in [6.07, 6.45) is 2.90. The zero-order chi connectivity index (χ0) is 17.1. The Morgan fingerprint density at radius 3 is 2.48 bits per heavy atom. The van der Waals surface area contributed by atoms with Gasteiger partial charge in [0.1, 0.15) is 22.9 Å². The van der Waals surface area contributed by atoms with Gasteiger partial charge >= 0.3 is 0 Å². The number of rotatable bonds is 5. The number of phenolic OH excluding ortho intramolecular Hbond substituents is 1. The molecule has 2 aromatic heterocycles. The Hall–Kier alpha value is -3.27. The lowest BCUT2D eigenvalue weighted by atomic mass is 10.1. The molecule has 0 aliphatic heterocycles. The molecular formula is C21H19N3O. The fourth-order valence-corrected chi connectivity index (χ4v) is 3.00. The smallest absolute Gasteiger partial charge is 0.139 e. The summed E-state index contributed by atoms with van der Waals surface area (Å²) in [6.45, 7) is 0.785. The highest BCUT2D eigenvalue weighted by Crippen LogP contribution is 2.34. The molecule has 0 aliphatic rings. The van der Waals surface area contributed by atoms with E-state index in [9.17, 15) is 5.11 Å². The molecule has 2 N–H and O–H groups in total. The number of aromatic hydroxyl groups is 1. The molecule has 0 fully saturated rings. The Morgan fingerprint density at radius 2 is 1.64 bits per heavy atom. The minimum atomic E-state index is 0.233. The Kier molecular flexibility index (Phi) is 4.09. The second-order valence-electron chi connectivity index (χ2n) is 5.92. The van der Waals surface area contributed by atoms with E-state index in [0.717, 1.165) is 35.7 Å². The number of phenols is 1. The maximum atomic E-state index is 10.2. The van der Waals surface area contributed by atoms with Gasteiger partial charge in [-0.25, -0.2) is 4.98 Å². The van der Waals surface area contributed by atoms with Gasteiger partial charge in [-0.1, -0.05) is 48.5 Å². The SMILES string of the molecule is Oc1ccccc1-c1nc2ccccn2c1NCCc1ccccc1. The number of benzene rings is 2. The van der Waals surface area contributed by atoms with Gasteiger partial charge in [0.05, 0.1) is 0 Å². The molecule has 2 aromatic carbocycles. The van der Waals surface area contributed by atoms with Crippen molar-refractivity contribution < 1.29 is 5.11 Å². The zero-order valence-corrected chi connectivity index (χ0v) is 13.8. The standard InChI is InChI=1S/C21H19N3O/c25-18-11-5-4-10-17(18)20-21(24-15-7-6-12-19(24)23-20)22-14-13-16-8-2-1-3-9-16/h1-12,15,22,25H,13-14H2. The van der Waals surface area contributed by atoms with Gasteiger partial charge in [0.25, 0.3) is 0 Å². The molecule has 25 heavy (non-hydrogen) atoms. The molecule has 0 bridgehead atoms. The third kappa shape index (κ3) is 3.06. The molecule has 4 heteroatoms. The fraction of sp³-hybridized carbons (Fsp3) is 0.0952. The summed E-state index contributed by atoms with van der Waals surface area (Å²) in [6, 6.07) is 23.6. The van der Waals surface area contributed by atoms with Crippen molar-refractivity contribution in [3.8, 4) is 17.0 Å². The first-order chi connectivity index (χ1) is 12.3. The minimum Gasteiger partial charge on any atom is -0.507 e. The lowest BCUT2D eigenvalue weighted by Gasteiger charge is -2.10. The van der Waals surface area contributed by atoms with Crippen molar-refractivity contribution in [2.24, 2.45) is 0 Å². The first kappa shape index (κ1) is 15.3. The highest BCUT2D eigenvalue weighted by molar-refractivity contribution is 5.80. The number of fused-ring (bicyclic) bond motifs is 1. The average Bonchev–Trinajstić information content (AvgIpc) is 3.02. The van der Waals surface area contributed by atoms with Crippen LogP contribution in [0.4, 0.5) is 5.82 Å². The van der Waals surface area contributed by atoms with Crippen LogP contribution < -0.4 is 5.32 Å². The summed E-state index contributed by atoms with van der Waals surface area (Å²) >= 11 is 0. The van der Waals surface area contributed by atoms with E-state index >= 15 is 0 Å². The predicted octanol–water partition coefficient (Wildman–Crippen LogP) is 4.36. The summed E-state index contributed by atoms with van der Waals surface area (Å²) in [5.74, 6) is 1.13.